The Morgan fingerprint density at radius 2 is 1.92 bits per heavy atom. The molecule has 4 nitrogen and oxygen atoms in total. The molecule has 0 atom stereocenters. The van der Waals surface area contributed by atoms with Gasteiger partial charge in [0, 0.05) is 11.8 Å². The molecule has 3 rings (SSSR count). The summed E-state index contributed by atoms with van der Waals surface area (Å²) in [4.78, 5) is 12.4. The first-order valence-corrected chi connectivity index (χ1v) is 8.06. The number of nitrogens with zero attached hydrogens (tertiary/aromatic N) is 2. The molecule has 0 fully saturated rings. The van der Waals surface area contributed by atoms with E-state index in [0.29, 0.717) is 22.9 Å². The van der Waals surface area contributed by atoms with Crippen LogP contribution in [0, 0.1) is 13.8 Å². The van der Waals surface area contributed by atoms with Crippen LogP contribution in [0.25, 0.3) is 0 Å². The van der Waals surface area contributed by atoms with Gasteiger partial charge in [0.25, 0.3) is 5.91 Å². The Kier molecular flexibility index (Phi) is 4.67. The van der Waals surface area contributed by atoms with Gasteiger partial charge in [-0.2, -0.15) is 5.10 Å². The van der Waals surface area contributed by atoms with Crippen LogP contribution in [0.5, 0.6) is 0 Å². The van der Waals surface area contributed by atoms with E-state index in [1.54, 1.807) is 10.9 Å². The molecular weight excluding hydrogens is 322 g/mol. The number of amides is 1. The molecule has 1 N–H and O–H groups in total. The van der Waals surface area contributed by atoms with Gasteiger partial charge in [0.2, 0.25) is 0 Å². The molecular formula is C19H18ClN3O. The largest absolute Gasteiger partial charge is 0.304 e. The van der Waals surface area contributed by atoms with Gasteiger partial charge in [-0.05, 0) is 31.0 Å². The molecule has 1 heterocycles. The maximum Gasteiger partial charge on any atom is 0.257 e. The number of aromatic nitrogens is 2. The molecule has 0 aliphatic carbocycles. The Hall–Kier alpha value is -2.59. The third-order valence-electron chi connectivity index (χ3n) is 3.76. The predicted molar refractivity (Wildman–Crippen MR) is 96.7 cm³/mol. The summed E-state index contributed by atoms with van der Waals surface area (Å²) in [5, 5.41) is 7.58. The number of hydrogen-bond donors (Lipinski definition) is 1. The maximum absolute atomic E-state index is 12.4. The van der Waals surface area contributed by atoms with Gasteiger partial charge < -0.3 is 5.32 Å². The van der Waals surface area contributed by atoms with Gasteiger partial charge >= 0.3 is 0 Å². The highest BCUT2D eigenvalue weighted by Crippen LogP contribution is 2.21. The molecule has 0 saturated carbocycles. The van der Waals surface area contributed by atoms with Crippen molar-refractivity contribution in [3.05, 3.63) is 82.0 Å². The van der Waals surface area contributed by atoms with Gasteiger partial charge in [0.15, 0.2) is 5.82 Å². The standard InChI is InChI=1S/C19H18ClN3O/c1-13-8-9-16(14(2)10-13)19(24)21-18-17(20)12-23(22-18)11-15-6-4-3-5-7-15/h3-10,12H,11H2,1-2H3,(H,21,22,24). The van der Waals surface area contributed by atoms with Crippen molar-refractivity contribution in [1.82, 2.24) is 9.78 Å². The van der Waals surface area contributed by atoms with Gasteiger partial charge in [0.1, 0.15) is 5.02 Å². The summed E-state index contributed by atoms with van der Waals surface area (Å²) in [5.74, 6) is 0.164. The van der Waals surface area contributed by atoms with Gasteiger partial charge in [-0.15, -0.1) is 0 Å². The van der Waals surface area contributed by atoms with Crippen molar-refractivity contribution in [3.63, 3.8) is 0 Å². The molecule has 0 aliphatic rings. The van der Waals surface area contributed by atoms with Crippen LogP contribution < -0.4 is 5.32 Å². The first-order chi connectivity index (χ1) is 11.5. The quantitative estimate of drug-likeness (QED) is 0.763. The van der Waals surface area contributed by atoms with Crippen molar-refractivity contribution in [2.75, 3.05) is 5.32 Å². The first-order valence-electron chi connectivity index (χ1n) is 7.68. The second-order valence-corrected chi connectivity index (χ2v) is 6.19. The number of aryl methyl sites for hydroxylation is 2. The molecule has 122 valence electrons. The normalized spacial score (nSPS) is 10.6. The lowest BCUT2D eigenvalue weighted by Gasteiger charge is -2.07. The molecule has 0 unspecified atom stereocenters. The molecule has 0 aliphatic heterocycles. The fraction of sp³-hybridized carbons (Fsp3) is 0.158. The Morgan fingerprint density at radius 1 is 1.17 bits per heavy atom. The van der Waals surface area contributed by atoms with Gasteiger partial charge in [-0.1, -0.05) is 59.6 Å². The van der Waals surface area contributed by atoms with Gasteiger partial charge in [-0.3, -0.25) is 9.48 Å². The van der Waals surface area contributed by atoms with Crippen LogP contribution >= 0.6 is 11.6 Å². The number of rotatable bonds is 4. The molecule has 1 aromatic heterocycles. The summed E-state index contributed by atoms with van der Waals surface area (Å²) in [6.45, 7) is 4.51. The minimum atomic E-state index is -0.209. The fourth-order valence-electron chi connectivity index (χ4n) is 2.58. The zero-order valence-electron chi connectivity index (χ0n) is 13.6. The molecule has 0 radical (unpaired) electrons. The van der Waals surface area contributed by atoms with Crippen molar-refractivity contribution in [2.45, 2.75) is 20.4 Å². The predicted octanol–water partition coefficient (Wildman–Crippen LogP) is 4.45. The molecule has 0 saturated heterocycles. The summed E-state index contributed by atoms with van der Waals surface area (Å²) >= 11 is 6.21. The van der Waals surface area contributed by atoms with E-state index in [1.807, 2.05) is 62.4 Å². The van der Waals surface area contributed by atoms with E-state index in [1.165, 1.54) is 0 Å². The average Bonchev–Trinajstić information content (AvgIpc) is 2.87. The Bertz CT molecular complexity index is 872. The fourth-order valence-corrected chi connectivity index (χ4v) is 2.77. The Labute approximate surface area is 146 Å². The van der Waals surface area contributed by atoms with Crippen LogP contribution in [-0.2, 0) is 6.54 Å². The third-order valence-corrected chi connectivity index (χ3v) is 4.04. The van der Waals surface area contributed by atoms with Crippen LogP contribution in [0.2, 0.25) is 5.02 Å². The highest BCUT2D eigenvalue weighted by molar-refractivity contribution is 6.33. The lowest BCUT2D eigenvalue weighted by Crippen LogP contribution is -2.14. The lowest BCUT2D eigenvalue weighted by atomic mass is 10.1. The van der Waals surface area contributed by atoms with Gasteiger partial charge in [0.05, 0.1) is 6.54 Å². The minimum Gasteiger partial charge on any atom is -0.304 e. The molecule has 0 bridgehead atoms. The van der Waals surface area contributed by atoms with E-state index >= 15 is 0 Å². The summed E-state index contributed by atoms with van der Waals surface area (Å²) in [5.41, 5.74) is 3.78. The number of hydrogen-bond acceptors (Lipinski definition) is 2. The van der Waals surface area contributed by atoms with Crippen molar-refractivity contribution < 1.29 is 4.79 Å². The van der Waals surface area contributed by atoms with Crippen LogP contribution in [0.1, 0.15) is 27.0 Å². The number of benzene rings is 2. The first kappa shape index (κ1) is 16.3. The zero-order valence-corrected chi connectivity index (χ0v) is 14.3. The highest BCUT2D eigenvalue weighted by atomic mass is 35.5. The second-order valence-electron chi connectivity index (χ2n) is 5.78. The van der Waals surface area contributed by atoms with Crippen LogP contribution in [-0.4, -0.2) is 15.7 Å². The molecule has 0 spiro atoms. The van der Waals surface area contributed by atoms with Gasteiger partial charge in [-0.25, -0.2) is 0 Å². The third kappa shape index (κ3) is 3.66. The van der Waals surface area contributed by atoms with Crippen molar-refractivity contribution >= 4 is 23.3 Å². The SMILES string of the molecule is Cc1ccc(C(=O)Nc2nn(Cc3ccccc3)cc2Cl)c(C)c1. The second kappa shape index (κ2) is 6.89. The average molecular weight is 340 g/mol. The number of anilines is 1. The molecule has 24 heavy (non-hydrogen) atoms. The smallest absolute Gasteiger partial charge is 0.257 e. The molecule has 3 aromatic rings. The Balaban J connectivity index is 1.77. The number of nitrogens with one attached hydrogen (secondary N) is 1. The van der Waals surface area contributed by atoms with Crippen molar-refractivity contribution in [2.24, 2.45) is 0 Å². The van der Waals surface area contributed by atoms with E-state index in [2.05, 4.69) is 10.4 Å². The summed E-state index contributed by atoms with van der Waals surface area (Å²) < 4.78 is 1.72. The molecule has 2 aromatic carbocycles. The van der Waals surface area contributed by atoms with E-state index in [-0.39, 0.29) is 5.91 Å². The number of halogens is 1. The van der Waals surface area contributed by atoms with E-state index in [9.17, 15) is 4.79 Å². The summed E-state index contributed by atoms with van der Waals surface area (Å²) in [7, 11) is 0. The lowest BCUT2D eigenvalue weighted by molar-refractivity contribution is 0.102. The van der Waals surface area contributed by atoms with Crippen molar-refractivity contribution in [3.8, 4) is 0 Å². The minimum absolute atomic E-state index is 0.209. The van der Waals surface area contributed by atoms with E-state index in [0.717, 1.165) is 16.7 Å². The zero-order chi connectivity index (χ0) is 17.1. The number of carbonyl (C=O) groups is 1. The van der Waals surface area contributed by atoms with Crippen LogP contribution in [0.3, 0.4) is 0 Å². The topological polar surface area (TPSA) is 46.9 Å². The number of carbonyl (C=O) groups excluding carboxylic acids is 1. The van der Waals surface area contributed by atoms with Crippen LogP contribution in [0.4, 0.5) is 5.82 Å². The monoisotopic (exact) mass is 339 g/mol. The van der Waals surface area contributed by atoms with Crippen LogP contribution in [0.15, 0.2) is 54.7 Å². The van der Waals surface area contributed by atoms with Crippen molar-refractivity contribution in [1.29, 1.82) is 0 Å². The Morgan fingerprint density at radius 3 is 2.62 bits per heavy atom. The molecule has 1 amide bonds. The summed E-state index contributed by atoms with van der Waals surface area (Å²) in [6.07, 6.45) is 1.71. The summed E-state index contributed by atoms with van der Waals surface area (Å²) in [6, 6.07) is 15.7. The van der Waals surface area contributed by atoms with E-state index in [4.69, 9.17) is 11.6 Å². The van der Waals surface area contributed by atoms with E-state index < -0.39 is 0 Å². The maximum atomic E-state index is 12.4. The molecule has 5 heteroatoms. The highest BCUT2D eigenvalue weighted by Gasteiger charge is 2.14.